The van der Waals surface area contributed by atoms with Crippen LogP contribution in [0.4, 0.5) is 4.39 Å². The van der Waals surface area contributed by atoms with Crippen molar-refractivity contribution in [1.82, 2.24) is 0 Å². The van der Waals surface area contributed by atoms with Crippen molar-refractivity contribution >= 4 is 6.08 Å². The standard InChI is InChI=1S/C11H12F/c1-2-3-4-6-10-7-5-8-11(12)9-10/h4-7,9H,2-3H2,1H3/b6-4+. The fourth-order valence-electron chi connectivity index (χ4n) is 0.943. The molecule has 0 aliphatic rings. The van der Waals surface area contributed by atoms with Crippen LogP contribution >= 0.6 is 0 Å². The molecule has 0 aliphatic heterocycles. The molecule has 1 radical (unpaired) electrons. The molecule has 0 nitrogen and oxygen atoms in total. The van der Waals surface area contributed by atoms with E-state index in [2.05, 4.69) is 19.1 Å². The van der Waals surface area contributed by atoms with E-state index in [1.807, 2.05) is 12.1 Å². The Kier molecular flexibility index (Phi) is 3.52. The van der Waals surface area contributed by atoms with Crippen LogP contribution in [0.1, 0.15) is 25.3 Å². The normalized spacial score (nSPS) is 10.8. The highest BCUT2D eigenvalue weighted by atomic mass is 19.1. The first-order valence-corrected chi connectivity index (χ1v) is 4.16. The number of hydrogen-bond donors (Lipinski definition) is 0. The molecule has 0 saturated heterocycles. The lowest BCUT2D eigenvalue weighted by atomic mass is 10.2. The maximum atomic E-state index is 12.6. The van der Waals surface area contributed by atoms with Gasteiger partial charge in [0.1, 0.15) is 5.82 Å². The molecule has 0 unspecified atom stereocenters. The SMILES string of the molecule is CCC/C=C/c1cc[c]c(F)c1. The Morgan fingerprint density at radius 3 is 3.08 bits per heavy atom. The Balaban J connectivity index is 2.63. The number of halogens is 1. The van der Waals surface area contributed by atoms with Crippen LogP contribution in [0, 0.1) is 11.9 Å². The zero-order chi connectivity index (χ0) is 8.81. The molecule has 1 heteroatoms. The van der Waals surface area contributed by atoms with Crippen molar-refractivity contribution in [2.24, 2.45) is 0 Å². The van der Waals surface area contributed by atoms with Gasteiger partial charge in [-0.05, 0) is 18.1 Å². The number of unbranched alkanes of at least 4 members (excludes halogenated alkanes) is 1. The zero-order valence-electron chi connectivity index (χ0n) is 7.18. The van der Waals surface area contributed by atoms with Crippen LogP contribution in [-0.4, -0.2) is 0 Å². The van der Waals surface area contributed by atoms with Crippen molar-refractivity contribution in [2.75, 3.05) is 0 Å². The van der Waals surface area contributed by atoms with Gasteiger partial charge in [-0.3, -0.25) is 0 Å². The largest absolute Gasteiger partial charge is 0.206 e. The summed E-state index contributed by atoms with van der Waals surface area (Å²) in [5, 5.41) is 0. The van der Waals surface area contributed by atoms with Gasteiger partial charge in [0, 0.05) is 6.07 Å². The number of benzene rings is 1. The molecule has 0 atom stereocenters. The predicted molar refractivity (Wildman–Crippen MR) is 49.2 cm³/mol. The van der Waals surface area contributed by atoms with Crippen molar-refractivity contribution in [3.63, 3.8) is 0 Å². The van der Waals surface area contributed by atoms with Crippen molar-refractivity contribution in [1.29, 1.82) is 0 Å². The lowest BCUT2D eigenvalue weighted by Gasteiger charge is -1.91. The van der Waals surface area contributed by atoms with Crippen LogP contribution < -0.4 is 0 Å². The highest BCUT2D eigenvalue weighted by molar-refractivity contribution is 5.48. The summed E-state index contributed by atoms with van der Waals surface area (Å²) in [5.74, 6) is -0.298. The lowest BCUT2D eigenvalue weighted by molar-refractivity contribution is 0.625. The number of rotatable bonds is 3. The van der Waals surface area contributed by atoms with E-state index in [0.717, 1.165) is 18.4 Å². The van der Waals surface area contributed by atoms with E-state index in [0.29, 0.717) is 0 Å². The molecule has 0 bridgehead atoms. The first-order chi connectivity index (χ1) is 5.83. The Hall–Kier alpha value is -1.11. The minimum absolute atomic E-state index is 0.298. The van der Waals surface area contributed by atoms with Gasteiger partial charge in [-0.2, -0.15) is 0 Å². The van der Waals surface area contributed by atoms with E-state index in [-0.39, 0.29) is 5.82 Å². The van der Waals surface area contributed by atoms with Gasteiger partial charge in [0.2, 0.25) is 0 Å². The van der Waals surface area contributed by atoms with Gasteiger partial charge in [-0.25, -0.2) is 4.39 Å². The Bertz CT molecular complexity index is 263. The molecule has 0 fully saturated rings. The summed E-state index contributed by atoms with van der Waals surface area (Å²) in [4.78, 5) is 0. The average molecular weight is 163 g/mol. The predicted octanol–water partition coefficient (Wildman–Crippen LogP) is 3.44. The molecular weight excluding hydrogens is 151 g/mol. The summed E-state index contributed by atoms with van der Waals surface area (Å²) in [6.07, 6.45) is 6.15. The van der Waals surface area contributed by atoms with Gasteiger partial charge in [-0.1, -0.05) is 37.6 Å². The van der Waals surface area contributed by atoms with Crippen molar-refractivity contribution in [2.45, 2.75) is 19.8 Å². The Labute approximate surface area is 72.7 Å². The van der Waals surface area contributed by atoms with Gasteiger partial charge >= 0.3 is 0 Å². The van der Waals surface area contributed by atoms with Crippen LogP contribution in [0.2, 0.25) is 0 Å². The fourth-order valence-corrected chi connectivity index (χ4v) is 0.943. The molecule has 0 aliphatic carbocycles. The molecule has 0 heterocycles. The molecule has 1 aromatic rings. The topological polar surface area (TPSA) is 0 Å². The van der Waals surface area contributed by atoms with Gasteiger partial charge in [0.05, 0.1) is 0 Å². The van der Waals surface area contributed by atoms with Crippen molar-refractivity contribution in [3.05, 3.63) is 41.7 Å². The minimum Gasteiger partial charge on any atom is -0.206 e. The molecule has 0 spiro atoms. The van der Waals surface area contributed by atoms with Crippen LogP contribution in [0.3, 0.4) is 0 Å². The summed E-state index contributed by atoms with van der Waals surface area (Å²) in [5.41, 5.74) is 0.903. The lowest BCUT2D eigenvalue weighted by Crippen LogP contribution is -1.75. The summed E-state index contributed by atoms with van der Waals surface area (Å²) < 4.78 is 12.6. The van der Waals surface area contributed by atoms with Crippen molar-refractivity contribution < 1.29 is 4.39 Å². The van der Waals surface area contributed by atoms with E-state index >= 15 is 0 Å². The molecule has 0 saturated carbocycles. The highest BCUT2D eigenvalue weighted by Crippen LogP contribution is 2.05. The van der Waals surface area contributed by atoms with Gasteiger partial charge in [0.25, 0.3) is 0 Å². The first-order valence-electron chi connectivity index (χ1n) is 4.16. The van der Waals surface area contributed by atoms with Crippen LogP contribution in [0.5, 0.6) is 0 Å². The molecule has 1 rings (SSSR count). The Morgan fingerprint density at radius 1 is 1.58 bits per heavy atom. The van der Waals surface area contributed by atoms with E-state index in [4.69, 9.17) is 0 Å². The summed E-state index contributed by atoms with van der Waals surface area (Å²) in [6, 6.07) is 7.38. The van der Waals surface area contributed by atoms with E-state index in [9.17, 15) is 4.39 Å². The number of hydrogen-bond acceptors (Lipinski definition) is 0. The zero-order valence-corrected chi connectivity index (χ0v) is 7.18. The maximum absolute atomic E-state index is 12.6. The van der Waals surface area contributed by atoms with Crippen LogP contribution in [-0.2, 0) is 0 Å². The number of allylic oxidation sites excluding steroid dienone is 1. The van der Waals surface area contributed by atoms with Crippen molar-refractivity contribution in [3.8, 4) is 0 Å². The molecule has 12 heavy (non-hydrogen) atoms. The highest BCUT2D eigenvalue weighted by Gasteiger charge is 1.89. The van der Waals surface area contributed by atoms with Gasteiger partial charge in [-0.15, -0.1) is 0 Å². The quantitative estimate of drug-likeness (QED) is 0.640. The summed E-state index contributed by atoms with van der Waals surface area (Å²) in [7, 11) is 0. The third-order valence-corrected chi connectivity index (χ3v) is 1.56. The van der Waals surface area contributed by atoms with Gasteiger partial charge in [0.15, 0.2) is 0 Å². The molecular formula is C11H12F. The average Bonchev–Trinajstić information content (AvgIpc) is 2.05. The molecule has 0 N–H and O–H groups in total. The van der Waals surface area contributed by atoms with Crippen LogP contribution in [0.25, 0.3) is 6.08 Å². The van der Waals surface area contributed by atoms with Crippen LogP contribution in [0.15, 0.2) is 24.3 Å². The smallest absolute Gasteiger partial charge is 0.131 e. The molecule has 63 valence electrons. The van der Waals surface area contributed by atoms with E-state index in [1.54, 1.807) is 6.07 Å². The molecule has 0 aromatic heterocycles. The summed E-state index contributed by atoms with van der Waals surface area (Å²) in [6.45, 7) is 2.11. The monoisotopic (exact) mass is 163 g/mol. The maximum Gasteiger partial charge on any atom is 0.131 e. The second kappa shape index (κ2) is 4.70. The summed E-state index contributed by atoms with van der Waals surface area (Å²) >= 11 is 0. The fraction of sp³-hybridized carbons (Fsp3) is 0.273. The third-order valence-electron chi connectivity index (χ3n) is 1.56. The van der Waals surface area contributed by atoms with E-state index in [1.165, 1.54) is 6.07 Å². The first kappa shape index (κ1) is 8.98. The minimum atomic E-state index is -0.298. The third kappa shape index (κ3) is 2.87. The van der Waals surface area contributed by atoms with E-state index < -0.39 is 0 Å². The van der Waals surface area contributed by atoms with Gasteiger partial charge < -0.3 is 0 Å². The second-order valence-electron chi connectivity index (χ2n) is 2.66. The second-order valence-corrected chi connectivity index (χ2v) is 2.66. The molecule has 1 aromatic carbocycles. The Morgan fingerprint density at radius 2 is 2.42 bits per heavy atom. The molecule has 0 amide bonds.